The standard InChI is InChI=1S/C32H27FN6O3S/c1-42-26-13-7-21(8-14-26)18-38-31(23-5-3-2-4-6-23)37-29-28(34-20-35-32(29)38)27-17-36-39(25-15-16-43(40,41)19-25)30(27)22-9-11-24(33)12-10-22/h2-14,17,20,25H,15-16,18-19H2,1H3. The van der Waals surface area contributed by atoms with Crippen LogP contribution in [-0.2, 0) is 16.4 Å². The maximum Gasteiger partial charge on any atom is 0.164 e. The van der Waals surface area contributed by atoms with E-state index in [1.807, 2.05) is 54.6 Å². The third-order valence-electron chi connectivity index (χ3n) is 7.79. The predicted molar refractivity (Wildman–Crippen MR) is 162 cm³/mol. The molecule has 3 aromatic heterocycles. The predicted octanol–water partition coefficient (Wildman–Crippen LogP) is 5.58. The molecule has 9 nitrogen and oxygen atoms in total. The summed E-state index contributed by atoms with van der Waals surface area (Å²) < 4.78 is 47.9. The molecule has 1 saturated heterocycles. The smallest absolute Gasteiger partial charge is 0.164 e. The van der Waals surface area contributed by atoms with Crippen LogP contribution in [0.1, 0.15) is 18.0 Å². The van der Waals surface area contributed by atoms with Gasteiger partial charge >= 0.3 is 0 Å². The van der Waals surface area contributed by atoms with Gasteiger partial charge in [0.2, 0.25) is 0 Å². The molecule has 43 heavy (non-hydrogen) atoms. The number of benzene rings is 3. The average Bonchev–Trinajstić information content (AvgIpc) is 3.73. The van der Waals surface area contributed by atoms with Crippen molar-refractivity contribution < 1.29 is 17.5 Å². The second-order valence-electron chi connectivity index (χ2n) is 10.5. The van der Waals surface area contributed by atoms with Crippen molar-refractivity contribution in [2.24, 2.45) is 0 Å². The number of hydrogen-bond acceptors (Lipinski definition) is 7. The van der Waals surface area contributed by atoms with Crippen LogP contribution < -0.4 is 4.74 Å². The van der Waals surface area contributed by atoms with Gasteiger partial charge in [0.1, 0.15) is 34.9 Å². The van der Waals surface area contributed by atoms with Crippen LogP contribution in [0.4, 0.5) is 4.39 Å². The van der Waals surface area contributed by atoms with E-state index in [0.29, 0.717) is 46.6 Å². The zero-order valence-electron chi connectivity index (χ0n) is 23.3. The fraction of sp³-hybridized carbons (Fsp3) is 0.188. The maximum atomic E-state index is 14.0. The molecular weight excluding hydrogens is 567 g/mol. The van der Waals surface area contributed by atoms with E-state index in [1.165, 1.54) is 18.5 Å². The first-order valence-corrected chi connectivity index (χ1v) is 15.7. The third kappa shape index (κ3) is 5.05. The lowest BCUT2D eigenvalue weighted by atomic mass is 10.0. The van der Waals surface area contributed by atoms with Gasteiger partial charge < -0.3 is 9.30 Å². The quantitative estimate of drug-likeness (QED) is 0.238. The van der Waals surface area contributed by atoms with Gasteiger partial charge in [0.05, 0.1) is 43.1 Å². The van der Waals surface area contributed by atoms with Gasteiger partial charge in [0.25, 0.3) is 0 Å². The normalized spacial score (nSPS) is 16.1. The molecule has 6 aromatic rings. The van der Waals surface area contributed by atoms with Gasteiger partial charge in [0.15, 0.2) is 15.5 Å². The van der Waals surface area contributed by atoms with E-state index >= 15 is 0 Å². The lowest BCUT2D eigenvalue weighted by Crippen LogP contribution is -2.13. The summed E-state index contributed by atoms with van der Waals surface area (Å²) in [7, 11) is -1.54. The Hall–Kier alpha value is -4.90. The van der Waals surface area contributed by atoms with Crippen LogP contribution in [0.3, 0.4) is 0 Å². The summed E-state index contributed by atoms with van der Waals surface area (Å²) in [6.07, 6.45) is 3.64. The van der Waals surface area contributed by atoms with Crippen LogP contribution in [0.5, 0.6) is 5.75 Å². The number of aromatic nitrogens is 6. The highest BCUT2D eigenvalue weighted by atomic mass is 32.2. The summed E-state index contributed by atoms with van der Waals surface area (Å²) >= 11 is 0. The highest BCUT2D eigenvalue weighted by Crippen LogP contribution is 2.39. The van der Waals surface area contributed by atoms with E-state index in [1.54, 1.807) is 30.1 Å². The summed E-state index contributed by atoms with van der Waals surface area (Å²) in [6, 6.07) is 23.5. The number of nitrogens with zero attached hydrogens (tertiary/aromatic N) is 6. The zero-order chi connectivity index (χ0) is 29.6. The van der Waals surface area contributed by atoms with Crippen molar-refractivity contribution in [3.05, 3.63) is 103 Å². The lowest BCUT2D eigenvalue weighted by Gasteiger charge is -2.15. The number of sulfone groups is 1. The summed E-state index contributed by atoms with van der Waals surface area (Å²) in [5, 5.41) is 4.67. The largest absolute Gasteiger partial charge is 0.497 e. The van der Waals surface area contributed by atoms with Crippen LogP contribution in [0.25, 0.3) is 45.1 Å². The molecule has 7 rings (SSSR count). The van der Waals surface area contributed by atoms with Crippen molar-refractivity contribution in [1.29, 1.82) is 0 Å². The Labute approximate surface area is 247 Å². The Balaban J connectivity index is 1.43. The highest BCUT2D eigenvalue weighted by Gasteiger charge is 2.33. The van der Waals surface area contributed by atoms with Crippen LogP contribution >= 0.6 is 0 Å². The average molecular weight is 595 g/mol. The number of halogens is 1. The molecular formula is C32H27FN6O3S. The van der Waals surface area contributed by atoms with Gasteiger partial charge in [-0.3, -0.25) is 4.68 Å². The van der Waals surface area contributed by atoms with Crippen LogP contribution in [-0.4, -0.2) is 56.3 Å². The van der Waals surface area contributed by atoms with Crippen molar-refractivity contribution in [2.45, 2.75) is 19.0 Å². The Morgan fingerprint density at radius 1 is 0.953 bits per heavy atom. The molecule has 1 aliphatic heterocycles. The second kappa shape index (κ2) is 10.7. The Morgan fingerprint density at radius 2 is 1.72 bits per heavy atom. The lowest BCUT2D eigenvalue weighted by molar-refractivity contribution is 0.414. The van der Waals surface area contributed by atoms with Crippen LogP contribution in [0.2, 0.25) is 0 Å². The molecule has 3 aromatic carbocycles. The molecule has 4 heterocycles. The van der Waals surface area contributed by atoms with Crippen LogP contribution in [0.15, 0.2) is 91.4 Å². The monoisotopic (exact) mass is 594 g/mol. The molecule has 0 spiro atoms. The van der Waals surface area contributed by atoms with Crippen molar-refractivity contribution >= 4 is 21.0 Å². The molecule has 0 amide bonds. The highest BCUT2D eigenvalue weighted by molar-refractivity contribution is 7.91. The molecule has 1 aliphatic rings. The van der Waals surface area contributed by atoms with E-state index in [-0.39, 0.29) is 23.4 Å². The SMILES string of the molecule is COc1ccc(Cn2c(-c3ccccc3)nc3c(-c4cnn(C5CCS(=O)(=O)C5)c4-c4ccc(F)cc4)ncnc32)cc1. The minimum absolute atomic E-state index is 0.00383. The number of hydrogen-bond donors (Lipinski definition) is 0. The van der Waals surface area contributed by atoms with E-state index in [9.17, 15) is 12.8 Å². The second-order valence-corrected chi connectivity index (χ2v) is 12.8. The number of imidazole rings is 1. The fourth-order valence-corrected chi connectivity index (χ4v) is 7.37. The Kier molecular flexibility index (Phi) is 6.73. The van der Waals surface area contributed by atoms with E-state index in [2.05, 4.69) is 19.6 Å². The summed E-state index contributed by atoms with van der Waals surface area (Å²) in [5.74, 6) is 1.23. The van der Waals surface area contributed by atoms with Gasteiger partial charge in [-0.25, -0.2) is 27.8 Å². The Morgan fingerprint density at radius 3 is 2.42 bits per heavy atom. The molecule has 0 N–H and O–H groups in total. The van der Waals surface area contributed by atoms with Crippen molar-refractivity contribution in [2.75, 3.05) is 18.6 Å². The molecule has 0 aliphatic carbocycles. The first-order valence-electron chi connectivity index (χ1n) is 13.8. The third-order valence-corrected chi connectivity index (χ3v) is 9.54. The zero-order valence-corrected chi connectivity index (χ0v) is 24.1. The minimum atomic E-state index is -3.18. The minimum Gasteiger partial charge on any atom is -0.497 e. The van der Waals surface area contributed by atoms with E-state index in [0.717, 1.165) is 22.7 Å². The van der Waals surface area contributed by atoms with Gasteiger partial charge in [-0.05, 0) is 48.4 Å². The van der Waals surface area contributed by atoms with Crippen LogP contribution in [0, 0.1) is 5.82 Å². The first kappa shape index (κ1) is 27.0. The molecule has 1 unspecified atom stereocenters. The molecule has 0 radical (unpaired) electrons. The summed E-state index contributed by atoms with van der Waals surface area (Å²) in [4.78, 5) is 14.4. The van der Waals surface area contributed by atoms with E-state index in [4.69, 9.17) is 9.72 Å². The molecule has 0 saturated carbocycles. The topological polar surface area (TPSA) is 105 Å². The molecule has 11 heteroatoms. The fourth-order valence-electron chi connectivity index (χ4n) is 5.68. The van der Waals surface area contributed by atoms with Crippen molar-refractivity contribution in [1.82, 2.24) is 29.3 Å². The van der Waals surface area contributed by atoms with Crippen molar-refractivity contribution in [3.8, 4) is 39.7 Å². The molecule has 1 atom stereocenters. The van der Waals surface area contributed by atoms with Gasteiger partial charge in [-0.2, -0.15) is 5.10 Å². The number of methoxy groups -OCH3 is 1. The van der Waals surface area contributed by atoms with Crippen molar-refractivity contribution in [3.63, 3.8) is 0 Å². The van der Waals surface area contributed by atoms with E-state index < -0.39 is 9.84 Å². The number of fused-ring (bicyclic) bond motifs is 1. The molecule has 0 bridgehead atoms. The molecule has 216 valence electrons. The Bertz CT molecular complexity index is 2040. The van der Waals surface area contributed by atoms with Gasteiger partial charge in [-0.1, -0.05) is 42.5 Å². The first-order chi connectivity index (χ1) is 20.9. The van der Waals surface area contributed by atoms with Gasteiger partial charge in [-0.15, -0.1) is 0 Å². The van der Waals surface area contributed by atoms with Gasteiger partial charge in [0, 0.05) is 16.7 Å². The number of ether oxygens (including phenoxy) is 1. The maximum absolute atomic E-state index is 14.0. The summed E-state index contributed by atoms with van der Waals surface area (Å²) in [6.45, 7) is 0.505. The number of rotatable bonds is 7. The summed E-state index contributed by atoms with van der Waals surface area (Å²) in [5.41, 5.74) is 5.76. The molecule has 1 fully saturated rings.